The number of ether oxygens (including phenoxy) is 12. The highest BCUT2D eigenvalue weighted by atomic mass is 16.7. The third kappa shape index (κ3) is 20.0. The standard InChI is InChI=1S/C21H36O11.C21H36O9/c1-9-21(12-26-6,13-29-10-15(22)19(2,3)31-17(24)27-7)14-30-11-16(23)20(4,5)32-18(25)28-8;1-9-21(12-26-6,13-29-10-15(22)19(2,3)17(24)27-7)14-30-11-16(23)20(4,5)18(25)28-8/h9-14H2,1-8H3;9-14H2,1-8H3. The van der Waals surface area contributed by atoms with Gasteiger partial charge in [0.15, 0.2) is 22.8 Å². The zero-order valence-corrected chi connectivity index (χ0v) is 39.7. The van der Waals surface area contributed by atoms with E-state index < -0.39 is 80.2 Å². The molecule has 0 aromatic heterocycles. The maximum Gasteiger partial charge on any atom is 0.508 e. The first-order chi connectivity index (χ1) is 28.6. The van der Waals surface area contributed by atoms with Crippen molar-refractivity contribution in [3.8, 4) is 0 Å². The van der Waals surface area contributed by atoms with Crippen molar-refractivity contribution in [3.63, 3.8) is 0 Å². The fraction of sp³-hybridized carbons (Fsp3) is 0.810. The molecule has 360 valence electrons. The highest BCUT2D eigenvalue weighted by Gasteiger charge is 2.40. The topological polar surface area (TPSA) is 247 Å². The summed E-state index contributed by atoms with van der Waals surface area (Å²) in [5.41, 5.74) is -6.72. The summed E-state index contributed by atoms with van der Waals surface area (Å²) in [4.78, 5) is 95.4. The van der Waals surface area contributed by atoms with Gasteiger partial charge in [0.1, 0.15) is 37.3 Å². The van der Waals surface area contributed by atoms with Gasteiger partial charge in [0.2, 0.25) is 11.6 Å². The molecule has 0 unspecified atom stereocenters. The van der Waals surface area contributed by atoms with Gasteiger partial charge in [-0.05, 0) is 68.2 Å². The highest BCUT2D eigenvalue weighted by Crippen LogP contribution is 2.27. The van der Waals surface area contributed by atoms with E-state index in [0.717, 1.165) is 14.2 Å². The molecule has 0 saturated heterocycles. The average Bonchev–Trinajstić information content (AvgIpc) is 3.22. The minimum atomic E-state index is -1.42. The van der Waals surface area contributed by atoms with Crippen LogP contribution in [0.5, 0.6) is 0 Å². The second-order valence-corrected chi connectivity index (χ2v) is 16.6. The zero-order valence-electron chi connectivity index (χ0n) is 39.7. The largest absolute Gasteiger partial charge is 0.508 e. The first-order valence-corrected chi connectivity index (χ1v) is 19.8. The summed E-state index contributed by atoms with van der Waals surface area (Å²) in [5, 5.41) is 0. The minimum Gasteiger partial charge on any atom is -0.468 e. The first-order valence-electron chi connectivity index (χ1n) is 19.8. The van der Waals surface area contributed by atoms with E-state index in [1.807, 2.05) is 13.8 Å². The van der Waals surface area contributed by atoms with Gasteiger partial charge in [-0.15, -0.1) is 0 Å². The van der Waals surface area contributed by atoms with Crippen LogP contribution in [0.4, 0.5) is 9.59 Å². The molecular weight excluding hydrogens is 824 g/mol. The number of methoxy groups -OCH3 is 6. The second kappa shape index (κ2) is 27.9. The van der Waals surface area contributed by atoms with E-state index in [4.69, 9.17) is 37.9 Å². The lowest BCUT2D eigenvalue weighted by Crippen LogP contribution is -2.43. The summed E-state index contributed by atoms with van der Waals surface area (Å²) in [6.45, 7) is 15.2. The molecule has 0 aliphatic rings. The lowest BCUT2D eigenvalue weighted by molar-refractivity contribution is -0.158. The van der Waals surface area contributed by atoms with Crippen LogP contribution in [0.15, 0.2) is 0 Å². The molecule has 0 atom stereocenters. The number of esters is 2. The van der Waals surface area contributed by atoms with Crippen LogP contribution >= 0.6 is 0 Å². The van der Waals surface area contributed by atoms with Gasteiger partial charge >= 0.3 is 24.2 Å². The smallest absolute Gasteiger partial charge is 0.468 e. The molecule has 0 aliphatic heterocycles. The van der Waals surface area contributed by atoms with Crippen molar-refractivity contribution in [2.24, 2.45) is 21.7 Å². The normalized spacial score (nSPS) is 12.3. The predicted molar refractivity (Wildman–Crippen MR) is 219 cm³/mol. The van der Waals surface area contributed by atoms with Gasteiger partial charge in [-0.1, -0.05) is 13.8 Å². The van der Waals surface area contributed by atoms with Crippen LogP contribution in [0.2, 0.25) is 0 Å². The molecule has 62 heavy (non-hydrogen) atoms. The van der Waals surface area contributed by atoms with Crippen molar-refractivity contribution in [2.45, 2.75) is 93.3 Å². The monoisotopic (exact) mass is 896 g/mol. The molecule has 20 nitrogen and oxygen atoms in total. The molecule has 0 radical (unpaired) electrons. The zero-order chi connectivity index (χ0) is 48.6. The van der Waals surface area contributed by atoms with Crippen LogP contribution < -0.4 is 0 Å². The van der Waals surface area contributed by atoms with Crippen LogP contribution in [0.25, 0.3) is 0 Å². The van der Waals surface area contributed by atoms with Gasteiger partial charge < -0.3 is 56.8 Å². The Labute approximate surface area is 365 Å². The summed E-state index contributed by atoms with van der Waals surface area (Å²) in [6.07, 6.45) is -0.789. The van der Waals surface area contributed by atoms with Crippen LogP contribution in [0.3, 0.4) is 0 Å². The van der Waals surface area contributed by atoms with E-state index in [1.165, 1.54) is 83.8 Å². The van der Waals surface area contributed by atoms with E-state index in [-0.39, 0.29) is 66.1 Å². The Morgan fingerprint density at radius 2 is 0.629 bits per heavy atom. The van der Waals surface area contributed by atoms with E-state index >= 15 is 0 Å². The van der Waals surface area contributed by atoms with E-state index in [0.29, 0.717) is 12.8 Å². The molecule has 0 amide bonds. The number of hydrogen-bond acceptors (Lipinski definition) is 20. The van der Waals surface area contributed by atoms with Crippen LogP contribution in [-0.2, 0) is 85.6 Å². The summed E-state index contributed by atoms with van der Waals surface area (Å²) in [7, 11) is 7.78. The van der Waals surface area contributed by atoms with Gasteiger partial charge in [-0.2, -0.15) is 0 Å². The maximum atomic E-state index is 12.4. The van der Waals surface area contributed by atoms with E-state index in [9.17, 15) is 38.4 Å². The molecule has 0 spiro atoms. The summed E-state index contributed by atoms with van der Waals surface area (Å²) >= 11 is 0. The number of carbonyl (C=O) groups is 8. The molecular formula is C42H72O20. The van der Waals surface area contributed by atoms with E-state index in [2.05, 4.69) is 18.9 Å². The van der Waals surface area contributed by atoms with Gasteiger partial charge in [0.25, 0.3) is 0 Å². The fourth-order valence-electron chi connectivity index (χ4n) is 4.98. The third-order valence-corrected chi connectivity index (χ3v) is 10.1. The van der Waals surface area contributed by atoms with Gasteiger partial charge in [0.05, 0.1) is 68.1 Å². The molecule has 20 heteroatoms. The Morgan fingerprint density at radius 3 is 0.839 bits per heavy atom. The number of carbonyl (C=O) groups excluding carboxylic acids is 8. The van der Waals surface area contributed by atoms with Crippen LogP contribution in [0.1, 0.15) is 82.1 Å². The lowest BCUT2D eigenvalue weighted by Gasteiger charge is -2.32. The predicted octanol–water partition coefficient (Wildman–Crippen LogP) is 3.92. The second-order valence-electron chi connectivity index (χ2n) is 16.6. The van der Waals surface area contributed by atoms with E-state index in [1.54, 1.807) is 0 Å². The number of hydrogen-bond donors (Lipinski definition) is 0. The van der Waals surface area contributed by atoms with Crippen molar-refractivity contribution < 1.29 is 95.2 Å². The van der Waals surface area contributed by atoms with Crippen molar-refractivity contribution in [2.75, 3.05) is 109 Å². The lowest BCUT2D eigenvalue weighted by atomic mass is 9.86. The van der Waals surface area contributed by atoms with Gasteiger partial charge in [-0.3, -0.25) is 28.8 Å². The Kier molecular flexibility index (Phi) is 27.0. The first kappa shape index (κ1) is 60.0. The quantitative estimate of drug-likeness (QED) is 0.0563. The molecule has 0 aromatic carbocycles. The van der Waals surface area contributed by atoms with Crippen molar-refractivity contribution in [3.05, 3.63) is 0 Å². The Bertz CT molecular complexity index is 1370. The van der Waals surface area contributed by atoms with Gasteiger partial charge in [-0.25, -0.2) is 9.59 Å². The number of rotatable bonds is 30. The third-order valence-electron chi connectivity index (χ3n) is 10.1. The maximum absolute atomic E-state index is 12.4. The number of ketones is 4. The summed E-state index contributed by atoms with van der Waals surface area (Å²) < 4.78 is 60.9. The Morgan fingerprint density at radius 1 is 0.371 bits per heavy atom. The highest BCUT2D eigenvalue weighted by molar-refractivity contribution is 6.04. The SMILES string of the molecule is CCC(COC)(COCC(=O)C(C)(C)C(=O)OC)COCC(=O)C(C)(C)C(=O)OC.CCC(COC)(COCC(=O)C(C)(C)OC(=O)OC)COCC(=O)C(C)(C)OC(=O)OC. The van der Waals surface area contributed by atoms with Gasteiger partial charge in [0, 0.05) is 25.0 Å². The molecule has 0 aliphatic carbocycles. The van der Waals surface area contributed by atoms with Crippen molar-refractivity contribution in [1.29, 1.82) is 0 Å². The molecule has 0 rings (SSSR count). The fourth-order valence-corrected chi connectivity index (χ4v) is 4.98. The summed E-state index contributed by atoms with van der Waals surface area (Å²) in [5.74, 6) is -3.00. The molecule has 0 saturated carbocycles. The van der Waals surface area contributed by atoms with Crippen LogP contribution in [0, 0.1) is 21.7 Å². The van der Waals surface area contributed by atoms with Crippen LogP contribution in [-0.4, -0.2) is 167 Å². The minimum absolute atomic E-state index is 0.0909. The Balaban J connectivity index is 0. The Hall–Kier alpha value is -4.08. The molecule has 0 bridgehead atoms. The molecule has 0 heterocycles. The molecule has 0 fully saturated rings. The van der Waals surface area contributed by atoms with Crippen molar-refractivity contribution >= 4 is 47.4 Å². The molecule has 0 aromatic rings. The molecule has 0 N–H and O–H groups in total. The summed E-state index contributed by atoms with van der Waals surface area (Å²) in [6, 6.07) is 0. The van der Waals surface area contributed by atoms with Crippen molar-refractivity contribution in [1.82, 2.24) is 0 Å². The average molecular weight is 897 g/mol. The number of Topliss-reactive ketones (excluding diaryl/α,β-unsaturated/α-hetero) is 4.